The quantitative estimate of drug-likeness (QED) is 0.216. The van der Waals surface area contributed by atoms with Crippen molar-refractivity contribution in [1.29, 1.82) is 0 Å². The van der Waals surface area contributed by atoms with Gasteiger partial charge in [-0.15, -0.1) is 5.10 Å². The molecule has 1 aliphatic heterocycles. The lowest BCUT2D eigenvalue weighted by atomic mass is 9.84. The first-order valence-electron chi connectivity index (χ1n) is 15.9. The number of nitrogens with two attached hydrogens (primary N) is 1. The number of piperidine rings is 1. The van der Waals surface area contributed by atoms with Gasteiger partial charge in [0.25, 0.3) is 5.91 Å². The average Bonchev–Trinajstić information content (AvgIpc) is 3.68. The molecule has 2 aliphatic rings. The maximum atomic E-state index is 13.3. The summed E-state index contributed by atoms with van der Waals surface area (Å²) in [5.74, 6) is 0.836. The summed E-state index contributed by atoms with van der Waals surface area (Å²) in [6, 6.07) is 25.1. The molecule has 3 aromatic carbocycles. The summed E-state index contributed by atoms with van der Waals surface area (Å²) in [7, 11) is 1.81. The van der Waals surface area contributed by atoms with Crippen molar-refractivity contribution in [3.05, 3.63) is 113 Å². The van der Waals surface area contributed by atoms with E-state index in [-0.39, 0.29) is 29.7 Å². The second kappa shape index (κ2) is 12.7. The lowest BCUT2D eigenvalue weighted by molar-refractivity contribution is 0.0930. The zero-order valence-electron chi connectivity index (χ0n) is 26.1. The standard InChI is InChI=1S/C36H36N8O3/c1-43-34(27-15-8-18-44(36(46)47)30(27)19-22-9-3-2-4-10-22)41-33(42-43)31-32(37)38-21-29(39-31)24-12-7-13-25(20-24)35(45)40-28-17-16-23-11-5-6-14-26(23)28/h2-7,9-14,20-21,27-28,30H,8,15-19H2,1H3,(H2,37,38)(H,40,45)(H,46,47)/t27?,28-,30?/m0/s1. The molecule has 1 fully saturated rings. The van der Waals surface area contributed by atoms with E-state index in [0.717, 1.165) is 31.2 Å². The molecular formula is C36H36N8O3. The maximum Gasteiger partial charge on any atom is 0.407 e. The van der Waals surface area contributed by atoms with Crippen molar-refractivity contribution in [2.75, 3.05) is 12.3 Å². The van der Waals surface area contributed by atoms with Gasteiger partial charge in [0.05, 0.1) is 17.9 Å². The van der Waals surface area contributed by atoms with Gasteiger partial charge in [-0.3, -0.25) is 9.48 Å². The van der Waals surface area contributed by atoms with E-state index in [9.17, 15) is 14.7 Å². The van der Waals surface area contributed by atoms with Crippen molar-refractivity contribution in [2.45, 2.75) is 50.1 Å². The highest BCUT2D eigenvalue weighted by molar-refractivity contribution is 5.95. The number of aromatic nitrogens is 5. The van der Waals surface area contributed by atoms with Crippen molar-refractivity contribution < 1.29 is 14.7 Å². The van der Waals surface area contributed by atoms with Crippen LogP contribution in [0.2, 0.25) is 0 Å². The van der Waals surface area contributed by atoms with Crippen molar-refractivity contribution in [2.24, 2.45) is 7.05 Å². The van der Waals surface area contributed by atoms with Crippen LogP contribution in [0.15, 0.2) is 85.1 Å². The highest BCUT2D eigenvalue weighted by atomic mass is 16.4. The van der Waals surface area contributed by atoms with E-state index in [0.29, 0.717) is 47.1 Å². The summed E-state index contributed by atoms with van der Waals surface area (Å²) in [5, 5.41) is 17.9. The third-order valence-corrected chi connectivity index (χ3v) is 9.31. The number of anilines is 1. The number of fused-ring (bicyclic) bond motifs is 1. The highest BCUT2D eigenvalue weighted by Gasteiger charge is 2.38. The first-order chi connectivity index (χ1) is 22.9. The van der Waals surface area contributed by atoms with Crippen LogP contribution in [-0.2, 0) is 19.9 Å². The predicted octanol–water partition coefficient (Wildman–Crippen LogP) is 5.41. The minimum atomic E-state index is -0.940. The Balaban J connectivity index is 1.16. The molecule has 1 aliphatic carbocycles. The number of carbonyl (C=O) groups excluding carboxylic acids is 1. The smallest absolute Gasteiger partial charge is 0.407 e. The molecule has 11 nitrogen and oxygen atoms in total. The summed E-state index contributed by atoms with van der Waals surface area (Å²) >= 11 is 0. The van der Waals surface area contributed by atoms with E-state index in [4.69, 9.17) is 15.7 Å². The Morgan fingerprint density at radius 2 is 1.81 bits per heavy atom. The monoisotopic (exact) mass is 628 g/mol. The van der Waals surface area contributed by atoms with Crippen LogP contribution >= 0.6 is 0 Å². The normalized spacial score (nSPS) is 18.9. The van der Waals surface area contributed by atoms with Crippen molar-refractivity contribution in [3.63, 3.8) is 0 Å². The van der Waals surface area contributed by atoms with Gasteiger partial charge < -0.3 is 21.1 Å². The van der Waals surface area contributed by atoms with Gasteiger partial charge in [0, 0.05) is 36.7 Å². The van der Waals surface area contributed by atoms with Gasteiger partial charge in [0.15, 0.2) is 11.5 Å². The highest BCUT2D eigenvalue weighted by Crippen LogP contribution is 2.36. The number of hydrogen-bond acceptors (Lipinski definition) is 7. The molecule has 1 saturated heterocycles. The van der Waals surface area contributed by atoms with E-state index < -0.39 is 6.09 Å². The molecule has 7 rings (SSSR count). The van der Waals surface area contributed by atoms with E-state index in [1.165, 1.54) is 16.0 Å². The lowest BCUT2D eigenvalue weighted by Gasteiger charge is -2.39. The number of carbonyl (C=O) groups is 2. The van der Waals surface area contributed by atoms with Crippen molar-refractivity contribution in [3.8, 4) is 22.8 Å². The summed E-state index contributed by atoms with van der Waals surface area (Å²) in [5.41, 5.74) is 11.9. The van der Waals surface area contributed by atoms with Crippen LogP contribution in [0.3, 0.4) is 0 Å². The summed E-state index contributed by atoms with van der Waals surface area (Å²) < 4.78 is 1.70. The lowest BCUT2D eigenvalue weighted by Crippen LogP contribution is -2.48. The molecule has 5 aromatic rings. The number of likely N-dealkylation sites (tertiary alicyclic amines) is 1. The molecule has 0 radical (unpaired) electrons. The second-order valence-corrected chi connectivity index (χ2v) is 12.2. The molecule has 2 amide bonds. The molecule has 238 valence electrons. The molecule has 2 aromatic heterocycles. The van der Waals surface area contributed by atoms with E-state index in [1.807, 2.05) is 61.6 Å². The van der Waals surface area contributed by atoms with Gasteiger partial charge in [0.1, 0.15) is 5.82 Å². The predicted molar refractivity (Wildman–Crippen MR) is 177 cm³/mol. The Hall–Kier alpha value is -5.58. The number of amides is 2. The number of nitrogen functional groups attached to an aromatic ring is 1. The SMILES string of the molecule is Cn1nc(-c2nc(-c3cccc(C(=O)N[C@H]4CCc5ccccc54)c3)cnc2N)nc1C1CCCN(C(=O)O)C1Cc1ccccc1. The molecule has 2 unspecified atom stereocenters. The fraction of sp³-hybridized carbons (Fsp3) is 0.278. The Morgan fingerprint density at radius 3 is 2.64 bits per heavy atom. The number of rotatable bonds is 7. The van der Waals surface area contributed by atoms with Crippen LogP contribution in [0.4, 0.5) is 10.6 Å². The minimum absolute atomic E-state index is 0.0197. The molecule has 0 saturated carbocycles. The van der Waals surface area contributed by atoms with Crippen LogP contribution in [0.25, 0.3) is 22.8 Å². The summed E-state index contributed by atoms with van der Waals surface area (Å²) in [6.45, 7) is 0.472. The molecule has 4 N–H and O–H groups in total. The van der Waals surface area contributed by atoms with E-state index >= 15 is 0 Å². The third kappa shape index (κ3) is 6.04. The number of aryl methyl sites for hydroxylation is 2. The number of nitrogens with zero attached hydrogens (tertiary/aromatic N) is 6. The number of carboxylic acid groups (broad SMARTS) is 1. The van der Waals surface area contributed by atoms with E-state index in [1.54, 1.807) is 23.0 Å². The van der Waals surface area contributed by atoms with Crippen molar-refractivity contribution >= 4 is 17.8 Å². The Labute approximate surface area is 272 Å². The van der Waals surface area contributed by atoms with Crippen LogP contribution in [0, 0.1) is 0 Å². The first kappa shape index (κ1) is 30.1. The molecule has 0 spiro atoms. The summed E-state index contributed by atoms with van der Waals surface area (Å²) in [4.78, 5) is 41.2. The molecular weight excluding hydrogens is 592 g/mol. The number of benzene rings is 3. The topological polar surface area (TPSA) is 152 Å². The second-order valence-electron chi connectivity index (χ2n) is 12.2. The maximum absolute atomic E-state index is 13.3. The summed E-state index contributed by atoms with van der Waals surface area (Å²) in [6.07, 6.45) is 4.52. The molecule has 47 heavy (non-hydrogen) atoms. The number of nitrogens with one attached hydrogen (secondary N) is 1. The first-order valence-corrected chi connectivity index (χ1v) is 15.9. The van der Waals surface area contributed by atoms with Gasteiger partial charge in [0.2, 0.25) is 5.82 Å². The fourth-order valence-corrected chi connectivity index (χ4v) is 6.99. The van der Waals surface area contributed by atoms with Crippen LogP contribution in [0.1, 0.15) is 64.1 Å². The molecule has 11 heteroatoms. The van der Waals surface area contributed by atoms with Gasteiger partial charge in [-0.25, -0.2) is 19.7 Å². The van der Waals surface area contributed by atoms with Gasteiger partial charge >= 0.3 is 6.09 Å². The van der Waals surface area contributed by atoms with Crippen LogP contribution in [-0.4, -0.2) is 59.3 Å². The molecule has 0 bridgehead atoms. The Bertz CT molecular complexity index is 1940. The van der Waals surface area contributed by atoms with Crippen molar-refractivity contribution in [1.82, 2.24) is 34.9 Å². The molecule has 3 heterocycles. The third-order valence-electron chi connectivity index (χ3n) is 9.31. The van der Waals surface area contributed by atoms with E-state index in [2.05, 4.69) is 27.5 Å². The minimum Gasteiger partial charge on any atom is -0.465 e. The zero-order valence-corrected chi connectivity index (χ0v) is 26.1. The zero-order chi connectivity index (χ0) is 32.5. The number of hydrogen-bond donors (Lipinski definition) is 3. The van der Waals surface area contributed by atoms with Gasteiger partial charge in [-0.2, -0.15) is 0 Å². The largest absolute Gasteiger partial charge is 0.465 e. The Morgan fingerprint density at radius 1 is 1.00 bits per heavy atom. The van der Waals surface area contributed by atoms with Gasteiger partial charge in [-0.05, 0) is 60.9 Å². The Kier molecular flexibility index (Phi) is 8.11. The molecule has 3 atom stereocenters. The van der Waals surface area contributed by atoms with Gasteiger partial charge in [-0.1, -0.05) is 66.7 Å². The van der Waals surface area contributed by atoms with Crippen LogP contribution < -0.4 is 11.1 Å². The fourth-order valence-electron chi connectivity index (χ4n) is 6.99. The van der Waals surface area contributed by atoms with Crippen LogP contribution in [0.5, 0.6) is 0 Å². The average molecular weight is 629 g/mol.